The van der Waals surface area contributed by atoms with E-state index in [9.17, 15) is 9.59 Å². The van der Waals surface area contributed by atoms with E-state index in [1.54, 1.807) is 19.2 Å². The monoisotopic (exact) mass is 318 g/mol. The van der Waals surface area contributed by atoms with Gasteiger partial charge in [0.2, 0.25) is 5.91 Å². The first kappa shape index (κ1) is 16.2. The van der Waals surface area contributed by atoms with E-state index in [-0.39, 0.29) is 18.4 Å². The summed E-state index contributed by atoms with van der Waals surface area (Å²) in [6.45, 7) is 0.873. The third-order valence-corrected chi connectivity index (χ3v) is 3.92. The Labute approximate surface area is 133 Å². The fourth-order valence-corrected chi connectivity index (χ4v) is 2.58. The van der Waals surface area contributed by atoms with Gasteiger partial charge < -0.3 is 15.4 Å². The Morgan fingerprint density at radius 2 is 1.86 bits per heavy atom. The highest BCUT2D eigenvalue weighted by Gasteiger charge is 2.09. The summed E-state index contributed by atoms with van der Waals surface area (Å²) in [7, 11) is 1.63. The molecule has 0 aliphatic carbocycles. The van der Waals surface area contributed by atoms with Crippen molar-refractivity contribution in [1.82, 2.24) is 10.6 Å². The number of benzene rings is 1. The zero-order chi connectivity index (χ0) is 15.8. The predicted octanol–water partition coefficient (Wildman–Crippen LogP) is 1.94. The first-order chi connectivity index (χ1) is 10.7. The quantitative estimate of drug-likeness (QED) is 0.820. The van der Waals surface area contributed by atoms with E-state index in [0.717, 1.165) is 11.1 Å². The van der Waals surface area contributed by atoms with Crippen molar-refractivity contribution in [3.05, 3.63) is 57.8 Å². The van der Waals surface area contributed by atoms with Gasteiger partial charge in [0, 0.05) is 13.7 Å². The van der Waals surface area contributed by atoms with Crippen LogP contribution in [0.15, 0.2) is 41.8 Å². The molecule has 2 amide bonds. The van der Waals surface area contributed by atoms with Crippen LogP contribution in [0.2, 0.25) is 0 Å². The molecule has 2 rings (SSSR count). The third-order valence-electron chi connectivity index (χ3n) is 3.05. The lowest BCUT2D eigenvalue weighted by atomic mass is 10.1. The van der Waals surface area contributed by atoms with E-state index in [1.165, 1.54) is 11.3 Å². The Morgan fingerprint density at radius 3 is 2.55 bits per heavy atom. The second kappa shape index (κ2) is 8.31. The van der Waals surface area contributed by atoms with Crippen LogP contribution in [0.5, 0.6) is 0 Å². The zero-order valence-electron chi connectivity index (χ0n) is 12.3. The van der Waals surface area contributed by atoms with E-state index in [2.05, 4.69) is 10.6 Å². The minimum absolute atomic E-state index is 0.0385. The summed E-state index contributed by atoms with van der Waals surface area (Å²) in [4.78, 5) is 24.1. The maximum Gasteiger partial charge on any atom is 0.261 e. The Balaban J connectivity index is 1.79. The molecule has 0 fully saturated rings. The molecule has 0 aliphatic heterocycles. The van der Waals surface area contributed by atoms with E-state index in [1.807, 2.05) is 29.6 Å². The van der Waals surface area contributed by atoms with Crippen molar-refractivity contribution >= 4 is 23.2 Å². The molecule has 0 saturated heterocycles. The molecule has 2 aromatic rings. The molecule has 0 unspecified atom stereocenters. The van der Waals surface area contributed by atoms with Crippen molar-refractivity contribution in [3.8, 4) is 0 Å². The second-order valence-corrected chi connectivity index (χ2v) is 5.59. The van der Waals surface area contributed by atoms with Crippen molar-refractivity contribution < 1.29 is 14.3 Å². The average molecular weight is 318 g/mol. The molecule has 0 aliphatic rings. The highest BCUT2D eigenvalue weighted by molar-refractivity contribution is 7.12. The molecule has 0 radical (unpaired) electrons. The Morgan fingerprint density at radius 1 is 1.09 bits per heavy atom. The average Bonchev–Trinajstić information content (AvgIpc) is 3.06. The molecule has 0 spiro atoms. The number of ether oxygens (including phenoxy) is 1. The number of nitrogens with one attached hydrogen (secondary N) is 2. The first-order valence-electron chi connectivity index (χ1n) is 6.85. The lowest BCUT2D eigenvalue weighted by Gasteiger charge is -2.10. The van der Waals surface area contributed by atoms with Crippen LogP contribution in [0.4, 0.5) is 0 Å². The summed E-state index contributed by atoms with van der Waals surface area (Å²) < 4.78 is 5.13. The van der Waals surface area contributed by atoms with Crippen molar-refractivity contribution in [2.24, 2.45) is 0 Å². The SMILES string of the molecule is COCc1ccccc1CNC(=O)CNC(=O)c1cccs1. The van der Waals surface area contributed by atoms with Crippen molar-refractivity contribution in [2.75, 3.05) is 13.7 Å². The zero-order valence-corrected chi connectivity index (χ0v) is 13.1. The number of hydrogen-bond donors (Lipinski definition) is 2. The van der Waals surface area contributed by atoms with Crippen LogP contribution < -0.4 is 10.6 Å². The fraction of sp³-hybridized carbons (Fsp3) is 0.250. The van der Waals surface area contributed by atoms with Crippen LogP contribution in [0, 0.1) is 0 Å². The number of carbonyl (C=O) groups excluding carboxylic acids is 2. The number of amides is 2. The number of methoxy groups -OCH3 is 1. The minimum Gasteiger partial charge on any atom is -0.380 e. The van der Waals surface area contributed by atoms with Gasteiger partial charge in [-0.3, -0.25) is 9.59 Å². The molecular weight excluding hydrogens is 300 g/mol. The molecule has 1 aromatic carbocycles. The molecule has 1 heterocycles. The van der Waals surface area contributed by atoms with Crippen LogP contribution in [0.1, 0.15) is 20.8 Å². The molecule has 2 N–H and O–H groups in total. The smallest absolute Gasteiger partial charge is 0.261 e. The third kappa shape index (κ3) is 4.68. The Kier molecular flexibility index (Phi) is 6.12. The summed E-state index contributed by atoms with van der Waals surface area (Å²) in [6.07, 6.45) is 0. The van der Waals surface area contributed by atoms with E-state index in [4.69, 9.17) is 4.74 Å². The van der Waals surface area contributed by atoms with Gasteiger partial charge in [0.05, 0.1) is 18.0 Å². The summed E-state index contributed by atoms with van der Waals surface area (Å²) in [5.41, 5.74) is 2.04. The molecule has 116 valence electrons. The van der Waals surface area contributed by atoms with Crippen LogP contribution in [-0.2, 0) is 22.7 Å². The van der Waals surface area contributed by atoms with Crippen LogP contribution in [0.25, 0.3) is 0 Å². The van der Waals surface area contributed by atoms with Gasteiger partial charge in [-0.1, -0.05) is 30.3 Å². The standard InChI is InChI=1S/C16H18N2O3S/c1-21-11-13-6-3-2-5-12(13)9-17-15(19)10-18-16(20)14-7-4-8-22-14/h2-8H,9-11H2,1H3,(H,17,19)(H,18,20). The molecular formula is C16H18N2O3S. The number of thiophene rings is 1. The lowest BCUT2D eigenvalue weighted by molar-refractivity contribution is -0.120. The van der Waals surface area contributed by atoms with Gasteiger partial charge in [-0.25, -0.2) is 0 Å². The van der Waals surface area contributed by atoms with E-state index >= 15 is 0 Å². The van der Waals surface area contributed by atoms with E-state index in [0.29, 0.717) is 18.0 Å². The van der Waals surface area contributed by atoms with Crippen molar-refractivity contribution in [3.63, 3.8) is 0 Å². The Bertz CT molecular complexity index is 626. The van der Waals surface area contributed by atoms with Gasteiger partial charge in [-0.15, -0.1) is 11.3 Å². The molecule has 5 nitrogen and oxygen atoms in total. The number of carbonyl (C=O) groups is 2. The highest BCUT2D eigenvalue weighted by atomic mass is 32.1. The summed E-state index contributed by atoms with van der Waals surface area (Å²) in [6, 6.07) is 11.3. The van der Waals surface area contributed by atoms with Crippen LogP contribution in [-0.4, -0.2) is 25.5 Å². The topological polar surface area (TPSA) is 67.4 Å². The van der Waals surface area contributed by atoms with Gasteiger partial charge >= 0.3 is 0 Å². The predicted molar refractivity (Wildman–Crippen MR) is 85.7 cm³/mol. The largest absolute Gasteiger partial charge is 0.380 e. The maximum atomic E-state index is 11.8. The Hall–Kier alpha value is -2.18. The lowest BCUT2D eigenvalue weighted by Crippen LogP contribution is -2.36. The first-order valence-corrected chi connectivity index (χ1v) is 7.73. The molecule has 0 atom stereocenters. The summed E-state index contributed by atoms with van der Waals surface area (Å²) >= 11 is 1.34. The van der Waals surface area contributed by atoms with Crippen LogP contribution >= 0.6 is 11.3 Å². The van der Waals surface area contributed by atoms with Crippen LogP contribution in [0.3, 0.4) is 0 Å². The molecule has 1 aromatic heterocycles. The van der Waals surface area contributed by atoms with E-state index < -0.39 is 0 Å². The summed E-state index contributed by atoms with van der Waals surface area (Å²) in [5.74, 6) is -0.456. The fourth-order valence-electron chi connectivity index (χ4n) is 1.94. The molecule has 0 bridgehead atoms. The van der Waals surface area contributed by atoms with Crippen molar-refractivity contribution in [1.29, 1.82) is 0 Å². The van der Waals surface area contributed by atoms with Gasteiger partial charge in [0.1, 0.15) is 0 Å². The van der Waals surface area contributed by atoms with Gasteiger partial charge in [-0.05, 0) is 22.6 Å². The molecule has 6 heteroatoms. The van der Waals surface area contributed by atoms with Gasteiger partial charge in [0.15, 0.2) is 0 Å². The molecule has 0 saturated carbocycles. The van der Waals surface area contributed by atoms with Crippen molar-refractivity contribution in [2.45, 2.75) is 13.2 Å². The highest BCUT2D eigenvalue weighted by Crippen LogP contribution is 2.09. The van der Waals surface area contributed by atoms with Gasteiger partial charge in [0.25, 0.3) is 5.91 Å². The normalized spacial score (nSPS) is 10.2. The summed E-state index contributed by atoms with van der Waals surface area (Å²) in [5, 5.41) is 7.21. The number of hydrogen-bond acceptors (Lipinski definition) is 4. The molecule has 22 heavy (non-hydrogen) atoms. The number of rotatable bonds is 7. The minimum atomic E-state index is -0.232. The van der Waals surface area contributed by atoms with Gasteiger partial charge in [-0.2, -0.15) is 0 Å². The second-order valence-electron chi connectivity index (χ2n) is 4.64. The maximum absolute atomic E-state index is 11.8.